The van der Waals surface area contributed by atoms with Crippen LogP contribution in [0.2, 0.25) is 0 Å². The van der Waals surface area contributed by atoms with Gasteiger partial charge in [0.2, 0.25) is 0 Å². The molecule has 0 aliphatic heterocycles. The van der Waals surface area contributed by atoms with Crippen molar-refractivity contribution in [3.05, 3.63) is 23.3 Å². The summed E-state index contributed by atoms with van der Waals surface area (Å²) in [6, 6.07) is 4.00. The van der Waals surface area contributed by atoms with Crippen LogP contribution in [0, 0.1) is 6.92 Å². The van der Waals surface area contributed by atoms with Gasteiger partial charge in [-0.15, -0.1) is 0 Å². The molecule has 2 heteroatoms. The third kappa shape index (κ3) is 2.41. The second-order valence-corrected chi connectivity index (χ2v) is 3.81. The van der Waals surface area contributed by atoms with Gasteiger partial charge in [0.1, 0.15) is 0 Å². The number of hydrogen-bond acceptors (Lipinski definition) is 2. The van der Waals surface area contributed by atoms with Crippen molar-refractivity contribution in [3.8, 4) is 0 Å². The third-order valence-corrected chi connectivity index (χ3v) is 2.71. The van der Waals surface area contributed by atoms with Crippen molar-refractivity contribution in [2.75, 3.05) is 11.5 Å². The van der Waals surface area contributed by atoms with Gasteiger partial charge in [0.25, 0.3) is 0 Å². The minimum absolute atomic E-state index is 0.696. The standard InChI is InChI=1S/C12H20N2/c1-3-4-5-6-10-7-8-11(13)12(14)9(10)2/h7-8H,3-6,13-14H2,1-2H3. The molecule has 0 saturated carbocycles. The van der Waals surface area contributed by atoms with Crippen molar-refractivity contribution in [3.63, 3.8) is 0 Å². The van der Waals surface area contributed by atoms with Gasteiger partial charge in [0.15, 0.2) is 0 Å². The molecule has 0 radical (unpaired) electrons. The first-order chi connectivity index (χ1) is 6.66. The molecule has 0 heterocycles. The molecule has 14 heavy (non-hydrogen) atoms. The lowest BCUT2D eigenvalue weighted by molar-refractivity contribution is 0.716. The molecule has 0 aliphatic rings. The molecule has 2 nitrogen and oxygen atoms in total. The van der Waals surface area contributed by atoms with Crippen LogP contribution < -0.4 is 11.5 Å². The van der Waals surface area contributed by atoms with Gasteiger partial charge in [-0.1, -0.05) is 25.8 Å². The number of nitrogens with two attached hydrogens (primary N) is 2. The molecule has 0 spiro atoms. The molecule has 0 atom stereocenters. The Morgan fingerprint density at radius 2 is 1.86 bits per heavy atom. The Morgan fingerprint density at radius 3 is 2.50 bits per heavy atom. The van der Waals surface area contributed by atoms with E-state index in [1.165, 1.54) is 24.8 Å². The van der Waals surface area contributed by atoms with Crippen molar-refractivity contribution in [1.29, 1.82) is 0 Å². The Hall–Kier alpha value is -1.18. The summed E-state index contributed by atoms with van der Waals surface area (Å²) in [6.45, 7) is 4.26. The van der Waals surface area contributed by atoms with E-state index < -0.39 is 0 Å². The molecule has 0 aromatic heterocycles. The first-order valence-corrected chi connectivity index (χ1v) is 5.30. The van der Waals surface area contributed by atoms with Gasteiger partial charge in [0, 0.05) is 0 Å². The van der Waals surface area contributed by atoms with Crippen LogP contribution in [-0.4, -0.2) is 0 Å². The summed E-state index contributed by atoms with van der Waals surface area (Å²) in [6.07, 6.45) is 4.89. The molecule has 1 aromatic rings. The summed E-state index contributed by atoms with van der Waals surface area (Å²) in [4.78, 5) is 0. The molecule has 78 valence electrons. The SMILES string of the molecule is CCCCCc1ccc(N)c(N)c1C. The fourth-order valence-electron chi connectivity index (χ4n) is 1.63. The zero-order chi connectivity index (χ0) is 10.6. The summed E-state index contributed by atoms with van der Waals surface area (Å²) < 4.78 is 0. The molecule has 0 unspecified atom stereocenters. The van der Waals surface area contributed by atoms with E-state index in [2.05, 4.69) is 13.0 Å². The van der Waals surface area contributed by atoms with Gasteiger partial charge < -0.3 is 11.5 Å². The summed E-state index contributed by atoms with van der Waals surface area (Å²) in [5.41, 5.74) is 15.5. The van der Waals surface area contributed by atoms with E-state index in [1.54, 1.807) is 0 Å². The third-order valence-electron chi connectivity index (χ3n) is 2.71. The second-order valence-electron chi connectivity index (χ2n) is 3.81. The lowest BCUT2D eigenvalue weighted by Crippen LogP contribution is -2.00. The normalized spacial score (nSPS) is 10.4. The van der Waals surface area contributed by atoms with E-state index in [-0.39, 0.29) is 0 Å². The number of anilines is 2. The Morgan fingerprint density at radius 1 is 1.14 bits per heavy atom. The maximum absolute atomic E-state index is 5.86. The van der Waals surface area contributed by atoms with E-state index in [9.17, 15) is 0 Å². The number of nitrogen functional groups attached to an aromatic ring is 2. The topological polar surface area (TPSA) is 52.0 Å². The van der Waals surface area contributed by atoms with Gasteiger partial charge in [0.05, 0.1) is 11.4 Å². The first kappa shape index (κ1) is 10.9. The van der Waals surface area contributed by atoms with Crippen LogP contribution in [0.1, 0.15) is 37.3 Å². The van der Waals surface area contributed by atoms with Crippen molar-refractivity contribution in [1.82, 2.24) is 0 Å². The molecule has 0 amide bonds. The zero-order valence-corrected chi connectivity index (χ0v) is 9.14. The number of benzene rings is 1. The highest BCUT2D eigenvalue weighted by Crippen LogP contribution is 2.24. The Bertz CT molecular complexity index is 305. The van der Waals surface area contributed by atoms with Gasteiger partial charge >= 0.3 is 0 Å². The minimum Gasteiger partial charge on any atom is -0.397 e. The fraction of sp³-hybridized carbons (Fsp3) is 0.500. The van der Waals surface area contributed by atoms with E-state index in [0.29, 0.717) is 5.69 Å². The predicted molar refractivity (Wildman–Crippen MR) is 63.2 cm³/mol. The van der Waals surface area contributed by atoms with Gasteiger partial charge in [-0.25, -0.2) is 0 Å². The van der Waals surface area contributed by atoms with Crippen molar-refractivity contribution in [2.45, 2.75) is 39.5 Å². The van der Waals surface area contributed by atoms with Crippen molar-refractivity contribution < 1.29 is 0 Å². The van der Waals surface area contributed by atoms with Crippen LogP contribution in [0.4, 0.5) is 11.4 Å². The zero-order valence-electron chi connectivity index (χ0n) is 9.14. The summed E-state index contributed by atoms with van der Waals surface area (Å²) in [7, 11) is 0. The molecule has 0 fully saturated rings. The van der Waals surface area contributed by atoms with Gasteiger partial charge in [-0.3, -0.25) is 0 Å². The lowest BCUT2D eigenvalue weighted by atomic mass is 10.00. The van der Waals surface area contributed by atoms with Gasteiger partial charge in [-0.05, 0) is 37.0 Å². The van der Waals surface area contributed by atoms with Crippen LogP contribution in [-0.2, 0) is 6.42 Å². The number of aryl methyl sites for hydroxylation is 1. The Balaban J connectivity index is 2.73. The molecule has 0 aliphatic carbocycles. The average Bonchev–Trinajstić information content (AvgIpc) is 2.18. The van der Waals surface area contributed by atoms with Crippen LogP contribution >= 0.6 is 0 Å². The van der Waals surface area contributed by atoms with Crippen molar-refractivity contribution in [2.24, 2.45) is 0 Å². The summed E-state index contributed by atoms with van der Waals surface area (Å²) in [5.74, 6) is 0. The highest BCUT2D eigenvalue weighted by atomic mass is 14.7. The number of rotatable bonds is 4. The summed E-state index contributed by atoms with van der Waals surface area (Å²) >= 11 is 0. The molecule has 0 saturated heterocycles. The Kier molecular flexibility index (Phi) is 3.81. The highest BCUT2D eigenvalue weighted by Gasteiger charge is 2.04. The van der Waals surface area contributed by atoms with E-state index in [1.807, 2.05) is 13.0 Å². The number of unbranched alkanes of at least 4 members (excludes halogenated alkanes) is 2. The van der Waals surface area contributed by atoms with Gasteiger partial charge in [-0.2, -0.15) is 0 Å². The van der Waals surface area contributed by atoms with Crippen LogP contribution in [0.25, 0.3) is 0 Å². The van der Waals surface area contributed by atoms with E-state index >= 15 is 0 Å². The second kappa shape index (κ2) is 4.89. The molecule has 4 N–H and O–H groups in total. The average molecular weight is 192 g/mol. The Labute approximate surface area is 86.3 Å². The summed E-state index contributed by atoms with van der Waals surface area (Å²) in [5, 5.41) is 0. The smallest absolute Gasteiger partial charge is 0.0580 e. The molecule has 1 rings (SSSR count). The van der Waals surface area contributed by atoms with Crippen LogP contribution in [0.5, 0.6) is 0 Å². The first-order valence-electron chi connectivity index (χ1n) is 5.30. The van der Waals surface area contributed by atoms with Crippen LogP contribution in [0.15, 0.2) is 12.1 Å². The minimum atomic E-state index is 0.696. The monoisotopic (exact) mass is 192 g/mol. The largest absolute Gasteiger partial charge is 0.397 e. The molecular weight excluding hydrogens is 172 g/mol. The predicted octanol–water partition coefficient (Wildman–Crippen LogP) is 2.89. The maximum Gasteiger partial charge on any atom is 0.0580 e. The highest BCUT2D eigenvalue weighted by molar-refractivity contribution is 5.68. The molecule has 0 bridgehead atoms. The lowest BCUT2D eigenvalue weighted by Gasteiger charge is -2.10. The van der Waals surface area contributed by atoms with Crippen molar-refractivity contribution >= 4 is 11.4 Å². The fourth-order valence-corrected chi connectivity index (χ4v) is 1.63. The maximum atomic E-state index is 5.86. The number of hydrogen-bond donors (Lipinski definition) is 2. The quantitative estimate of drug-likeness (QED) is 0.569. The van der Waals surface area contributed by atoms with E-state index in [0.717, 1.165) is 17.7 Å². The molecule has 1 aromatic carbocycles. The molecular formula is C12H20N2. The van der Waals surface area contributed by atoms with Crippen LogP contribution in [0.3, 0.4) is 0 Å². The van der Waals surface area contributed by atoms with E-state index in [4.69, 9.17) is 11.5 Å².